The average molecular weight is 318 g/mol. The molecule has 6 nitrogen and oxygen atoms in total. The predicted octanol–water partition coefficient (Wildman–Crippen LogP) is -0.0714. The van der Waals surface area contributed by atoms with E-state index < -0.39 is 22.2 Å². The van der Waals surface area contributed by atoms with Gasteiger partial charge in [-0.15, -0.1) is 0 Å². The van der Waals surface area contributed by atoms with Gasteiger partial charge in [0.1, 0.15) is 11.6 Å². The normalized spacial score (nSPS) is 23.4. The number of sulfonamides is 1. The third kappa shape index (κ3) is 4.13. The van der Waals surface area contributed by atoms with E-state index in [4.69, 9.17) is 4.74 Å². The number of hydrogen-bond donors (Lipinski definition) is 2. The standard InChI is InChI=1S/C13H19FN2O4S/c1-20-13-5-3-4-10(14)9(13)6-16-7-11(12(17)8-16)15-21(2,18)19/h3-5,11-12,15,17H,6-8H2,1-2H3/t11-,12-/m1/s1. The van der Waals surface area contributed by atoms with Gasteiger partial charge in [0.25, 0.3) is 0 Å². The fraction of sp³-hybridized carbons (Fsp3) is 0.538. The lowest BCUT2D eigenvalue weighted by Crippen LogP contribution is -2.42. The molecule has 0 bridgehead atoms. The molecule has 2 rings (SSSR count). The molecule has 21 heavy (non-hydrogen) atoms. The molecule has 1 aromatic carbocycles. The summed E-state index contributed by atoms with van der Waals surface area (Å²) in [6.45, 7) is 0.825. The largest absolute Gasteiger partial charge is 0.496 e. The quantitative estimate of drug-likeness (QED) is 0.794. The third-order valence-electron chi connectivity index (χ3n) is 3.41. The summed E-state index contributed by atoms with van der Waals surface area (Å²) in [7, 11) is -1.93. The van der Waals surface area contributed by atoms with Crippen molar-refractivity contribution in [2.75, 3.05) is 26.5 Å². The van der Waals surface area contributed by atoms with Crippen LogP contribution >= 0.6 is 0 Å². The Hall–Kier alpha value is -1.22. The van der Waals surface area contributed by atoms with Gasteiger partial charge in [0, 0.05) is 25.2 Å². The molecule has 1 fully saturated rings. The third-order valence-corrected chi connectivity index (χ3v) is 4.14. The van der Waals surface area contributed by atoms with E-state index in [1.54, 1.807) is 17.0 Å². The Balaban J connectivity index is 2.09. The molecule has 2 N–H and O–H groups in total. The lowest BCUT2D eigenvalue weighted by Gasteiger charge is -2.18. The van der Waals surface area contributed by atoms with E-state index in [0.717, 1.165) is 6.26 Å². The minimum Gasteiger partial charge on any atom is -0.496 e. The molecule has 0 saturated carbocycles. The molecule has 118 valence electrons. The molecule has 0 radical (unpaired) electrons. The van der Waals surface area contributed by atoms with Gasteiger partial charge >= 0.3 is 0 Å². The zero-order chi connectivity index (χ0) is 15.6. The molecule has 2 atom stereocenters. The van der Waals surface area contributed by atoms with E-state index in [2.05, 4.69) is 4.72 Å². The summed E-state index contributed by atoms with van der Waals surface area (Å²) in [6.07, 6.45) is 0.222. The number of β-amino-alcohol motifs (C(OH)–C–C–N with tert-alkyl or cyclic N) is 1. The Kier molecular flexibility index (Phi) is 4.82. The minimum atomic E-state index is -3.39. The molecule has 0 unspecified atom stereocenters. The molecule has 1 aromatic rings. The van der Waals surface area contributed by atoms with Gasteiger partial charge in [-0.1, -0.05) is 6.07 Å². The van der Waals surface area contributed by atoms with Crippen molar-refractivity contribution in [1.29, 1.82) is 0 Å². The van der Waals surface area contributed by atoms with Crippen molar-refractivity contribution < 1.29 is 22.7 Å². The highest BCUT2D eigenvalue weighted by atomic mass is 32.2. The van der Waals surface area contributed by atoms with E-state index in [-0.39, 0.29) is 18.9 Å². The Morgan fingerprint density at radius 2 is 2.19 bits per heavy atom. The molecule has 1 saturated heterocycles. The first-order valence-corrected chi connectivity index (χ1v) is 8.38. The molecule has 0 aromatic heterocycles. The second kappa shape index (κ2) is 6.27. The Labute approximate surface area is 123 Å². The predicted molar refractivity (Wildman–Crippen MR) is 76.0 cm³/mol. The Bertz CT molecular complexity index is 608. The molecular weight excluding hydrogens is 299 g/mol. The van der Waals surface area contributed by atoms with Crippen molar-refractivity contribution in [1.82, 2.24) is 9.62 Å². The maximum Gasteiger partial charge on any atom is 0.209 e. The minimum absolute atomic E-state index is 0.245. The zero-order valence-corrected chi connectivity index (χ0v) is 12.7. The average Bonchev–Trinajstić information content (AvgIpc) is 2.70. The first-order chi connectivity index (χ1) is 9.80. The summed E-state index contributed by atoms with van der Waals surface area (Å²) < 4.78 is 43.9. The van der Waals surface area contributed by atoms with Gasteiger partial charge in [0.15, 0.2) is 0 Å². The molecule has 0 aliphatic carbocycles. The summed E-state index contributed by atoms with van der Waals surface area (Å²) in [5, 5.41) is 9.90. The van der Waals surface area contributed by atoms with E-state index >= 15 is 0 Å². The number of aliphatic hydroxyl groups is 1. The molecular formula is C13H19FN2O4S. The summed E-state index contributed by atoms with van der Waals surface area (Å²) in [5.74, 6) is 0.0485. The number of rotatable bonds is 5. The van der Waals surface area contributed by atoms with Gasteiger partial charge in [-0.25, -0.2) is 17.5 Å². The van der Waals surface area contributed by atoms with E-state index in [9.17, 15) is 17.9 Å². The van der Waals surface area contributed by atoms with Crippen LogP contribution in [0.15, 0.2) is 18.2 Å². The van der Waals surface area contributed by atoms with Crippen molar-refractivity contribution >= 4 is 10.0 Å². The van der Waals surface area contributed by atoms with Gasteiger partial charge in [0.2, 0.25) is 10.0 Å². The number of aliphatic hydroxyl groups excluding tert-OH is 1. The zero-order valence-electron chi connectivity index (χ0n) is 11.9. The molecule has 1 aliphatic rings. The first-order valence-electron chi connectivity index (χ1n) is 6.49. The fourth-order valence-corrected chi connectivity index (χ4v) is 3.27. The second-order valence-electron chi connectivity index (χ2n) is 5.18. The van der Waals surface area contributed by atoms with E-state index in [1.807, 2.05) is 0 Å². The highest BCUT2D eigenvalue weighted by molar-refractivity contribution is 7.88. The lowest BCUT2D eigenvalue weighted by atomic mass is 10.1. The monoisotopic (exact) mass is 318 g/mol. The number of likely N-dealkylation sites (tertiary alicyclic amines) is 1. The number of nitrogens with zero attached hydrogens (tertiary/aromatic N) is 1. The molecule has 8 heteroatoms. The lowest BCUT2D eigenvalue weighted by molar-refractivity contribution is 0.159. The highest BCUT2D eigenvalue weighted by Crippen LogP contribution is 2.24. The van der Waals surface area contributed by atoms with E-state index in [1.165, 1.54) is 13.2 Å². The van der Waals surface area contributed by atoms with E-state index in [0.29, 0.717) is 17.9 Å². The van der Waals surface area contributed by atoms with Crippen LogP contribution in [0.5, 0.6) is 5.75 Å². The van der Waals surface area contributed by atoms with Crippen molar-refractivity contribution in [2.45, 2.75) is 18.7 Å². The van der Waals surface area contributed by atoms with Crippen LogP contribution in [-0.2, 0) is 16.6 Å². The highest BCUT2D eigenvalue weighted by Gasteiger charge is 2.33. The van der Waals surface area contributed by atoms with Crippen molar-refractivity contribution in [2.24, 2.45) is 0 Å². The Morgan fingerprint density at radius 1 is 1.48 bits per heavy atom. The number of halogens is 1. The maximum absolute atomic E-state index is 13.9. The smallest absolute Gasteiger partial charge is 0.209 e. The molecule has 1 heterocycles. The topological polar surface area (TPSA) is 78.9 Å². The van der Waals surface area contributed by atoms with Gasteiger partial charge in [0.05, 0.1) is 25.5 Å². The van der Waals surface area contributed by atoms with Crippen LogP contribution in [0.4, 0.5) is 4.39 Å². The van der Waals surface area contributed by atoms with Crippen molar-refractivity contribution in [3.8, 4) is 5.75 Å². The van der Waals surface area contributed by atoms with Gasteiger partial charge < -0.3 is 9.84 Å². The van der Waals surface area contributed by atoms with Crippen molar-refractivity contribution in [3.05, 3.63) is 29.6 Å². The van der Waals surface area contributed by atoms with Crippen LogP contribution < -0.4 is 9.46 Å². The number of methoxy groups -OCH3 is 1. The van der Waals surface area contributed by atoms with Crippen LogP contribution in [0.1, 0.15) is 5.56 Å². The second-order valence-corrected chi connectivity index (χ2v) is 6.96. The van der Waals surface area contributed by atoms with Gasteiger partial charge in [-0.3, -0.25) is 4.90 Å². The van der Waals surface area contributed by atoms with Crippen LogP contribution in [0.2, 0.25) is 0 Å². The SMILES string of the molecule is COc1cccc(F)c1CN1C[C@@H](O)[C@H](NS(C)(=O)=O)C1. The van der Waals surface area contributed by atoms with Gasteiger partial charge in [-0.2, -0.15) is 0 Å². The number of benzene rings is 1. The molecule has 0 spiro atoms. The molecule has 0 amide bonds. The summed E-state index contributed by atoms with van der Waals surface area (Å²) >= 11 is 0. The van der Waals surface area contributed by atoms with Crippen LogP contribution in [0, 0.1) is 5.82 Å². The maximum atomic E-state index is 13.9. The number of hydrogen-bond acceptors (Lipinski definition) is 5. The first kappa shape index (κ1) is 16.2. The fourth-order valence-electron chi connectivity index (χ4n) is 2.49. The summed E-state index contributed by atoms with van der Waals surface area (Å²) in [6, 6.07) is 3.98. The summed E-state index contributed by atoms with van der Waals surface area (Å²) in [4.78, 5) is 1.79. The van der Waals surface area contributed by atoms with Crippen molar-refractivity contribution in [3.63, 3.8) is 0 Å². The van der Waals surface area contributed by atoms with Gasteiger partial charge in [-0.05, 0) is 12.1 Å². The van der Waals surface area contributed by atoms with Crippen LogP contribution in [0.3, 0.4) is 0 Å². The molecule has 1 aliphatic heterocycles. The number of ether oxygens (including phenoxy) is 1. The number of nitrogens with one attached hydrogen (secondary N) is 1. The van der Waals surface area contributed by atoms with Crippen LogP contribution in [0.25, 0.3) is 0 Å². The summed E-state index contributed by atoms with van der Waals surface area (Å²) in [5.41, 5.74) is 0.396. The van der Waals surface area contributed by atoms with Crippen LogP contribution in [-0.4, -0.2) is 57.0 Å². The Morgan fingerprint density at radius 3 is 2.81 bits per heavy atom.